The number of aromatic nitrogens is 2. The summed E-state index contributed by atoms with van der Waals surface area (Å²) in [6.45, 7) is 1.94. The average molecular weight is 302 g/mol. The van der Waals surface area contributed by atoms with Gasteiger partial charge in [0.1, 0.15) is 5.03 Å². The maximum atomic E-state index is 11.2. The molecule has 0 unspecified atom stereocenters. The minimum atomic E-state index is -0.963. The second kappa shape index (κ2) is 5.22. The lowest BCUT2D eigenvalue weighted by molar-refractivity contribution is 0.0698. The number of carbonyl (C=O) groups is 1. The second-order valence-corrected chi connectivity index (χ2v) is 6.28. The van der Waals surface area contributed by atoms with Crippen molar-refractivity contribution in [1.82, 2.24) is 9.97 Å². The van der Waals surface area contributed by atoms with Gasteiger partial charge >= 0.3 is 5.97 Å². The van der Waals surface area contributed by atoms with Gasteiger partial charge in [-0.15, -0.1) is 11.3 Å². The normalized spacial score (nSPS) is 10.8. The Morgan fingerprint density at radius 1 is 1.30 bits per heavy atom. The molecule has 1 aromatic carbocycles. The Bertz CT molecular complexity index is 799. The van der Waals surface area contributed by atoms with Gasteiger partial charge in [0.05, 0.1) is 5.56 Å². The highest BCUT2D eigenvalue weighted by atomic mass is 32.2. The maximum absolute atomic E-state index is 11.2. The van der Waals surface area contributed by atoms with Gasteiger partial charge in [-0.2, -0.15) is 0 Å². The highest BCUT2D eigenvalue weighted by molar-refractivity contribution is 8.01. The summed E-state index contributed by atoms with van der Waals surface area (Å²) in [6, 6.07) is 7.40. The molecule has 0 radical (unpaired) electrons. The molecular formula is C14H10N2O2S2. The summed E-state index contributed by atoms with van der Waals surface area (Å²) in [5, 5.41) is 13.5. The van der Waals surface area contributed by atoms with Crippen LogP contribution in [0.5, 0.6) is 0 Å². The van der Waals surface area contributed by atoms with E-state index < -0.39 is 5.97 Å². The fourth-order valence-corrected chi connectivity index (χ4v) is 3.72. The Balaban J connectivity index is 2.12. The van der Waals surface area contributed by atoms with Crippen LogP contribution < -0.4 is 0 Å². The minimum Gasteiger partial charge on any atom is -0.478 e. The number of nitrogens with zero attached hydrogens (tertiary/aromatic N) is 2. The van der Waals surface area contributed by atoms with Gasteiger partial charge in [0.15, 0.2) is 4.34 Å². The van der Waals surface area contributed by atoms with E-state index in [1.807, 2.05) is 30.5 Å². The molecule has 0 aliphatic carbocycles. The van der Waals surface area contributed by atoms with E-state index in [1.165, 1.54) is 18.0 Å². The summed E-state index contributed by atoms with van der Waals surface area (Å²) in [5.41, 5.74) is 1.20. The van der Waals surface area contributed by atoms with Crippen molar-refractivity contribution in [3.8, 4) is 0 Å². The fourth-order valence-electron chi connectivity index (χ4n) is 1.88. The van der Waals surface area contributed by atoms with Crippen molar-refractivity contribution in [3.05, 3.63) is 47.1 Å². The van der Waals surface area contributed by atoms with Gasteiger partial charge in [0, 0.05) is 28.0 Å². The smallest absolute Gasteiger partial charge is 0.337 e. The summed E-state index contributed by atoms with van der Waals surface area (Å²) in [7, 11) is 0. The maximum Gasteiger partial charge on any atom is 0.337 e. The largest absolute Gasteiger partial charge is 0.478 e. The first kappa shape index (κ1) is 13.1. The Labute approximate surface area is 123 Å². The van der Waals surface area contributed by atoms with Gasteiger partial charge in [0.2, 0.25) is 0 Å². The summed E-state index contributed by atoms with van der Waals surface area (Å²) in [6.07, 6.45) is 1.41. The number of carboxylic acids is 1. The molecule has 0 aliphatic heterocycles. The molecule has 6 heteroatoms. The highest BCUT2D eigenvalue weighted by Crippen LogP contribution is 2.34. The van der Waals surface area contributed by atoms with Crippen LogP contribution in [0.2, 0.25) is 0 Å². The summed E-state index contributed by atoms with van der Waals surface area (Å²) in [4.78, 5) is 19.9. The zero-order valence-corrected chi connectivity index (χ0v) is 12.2. The molecule has 2 aromatic heterocycles. The van der Waals surface area contributed by atoms with Gasteiger partial charge in [0.25, 0.3) is 0 Å². The molecule has 4 nitrogen and oxygen atoms in total. The first-order valence-corrected chi connectivity index (χ1v) is 7.56. The van der Waals surface area contributed by atoms with Crippen LogP contribution >= 0.6 is 23.1 Å². The predicted molar refractivity (Wildman–Crippen MR) is 79.7 cm³/mol. The Kier molecular flexibility index (Phi) is 3.42. The van der Waals surface area contributed by atoms with Crippen LogP contribution in [0.15, 0.2) is 45.2 Å². The average Bonchev–Trinajstić information content (AvgIpc) is 2.84. The predicted octanol–water partition coefficient (Wildman–Crippen LogP) is 3.85. The van der Waals surface area contributed by atoms with Crippen molar-refractivity contribution in [2.45, 2.75) is 16.3 Å². The molecule has 100 valence electrons. The number of hydrogen-bond acceptors (Lipinski definition) is 5. The fraction of sp³-hybridized carbons (Fsp3) is 0.0714. The molecule has 3 aromatic rings. The van der Waals surface area contributed by atoms with E-state index in [2.05, 4.69) is 9.97 Å². The van der Waals surface area contributed by atoms with E-state index >= 15 is 0 Å². The van der Waals surface area contributed by atoms with Crippen LogP contribution in [0.4, 0.5) is 0 Å². The number of pyridine rings is 1. The quantitative estimate of drug-likeness (QED) is 0.796. The summed E-state index contributed by atoms with van der Waals surface area (Å²) < 4.78 is 0.906. The first-order valence-electron chi connectivity index (χ1n) is 5.86. The van der Waals surface area contributed by atoms with E-state index in [0.717, 1.165) is 20.4 Å². The molecule has 0 bridgehead atoms. The van der Waals surface area contributed by atoms with Crippen LogP contribution in [-0.2, 0) is 0 Å². The molecule has 0 amide bonds. The molecule has 0 aliphatic rings. The van der Waals surface area contributed by atoms with Gasteiger partial charge < -0.3 is 5.11 Å². The molecular weight excluding hydrogens is 292 g/mol. The Morgan fingerprint density at radius 2 is 2.05 bits per heavy atom. The number of carboxylic acid groups (broad SMARTS) is 1. The van der Waals surface area contributed by atoms with E-state index in [0.29, 0.717) is 5.39 Å². The van der Waals surface area contributed by atoms with Crippen LogP contribution in [0.1, 0.15) is 16.1 Å². The number of fused-ring (bicyclic) bond motifs is 1. The zero-order valence-electron chi connectivity index (χ0n) is 10.5. The number of thiazole rings is 1. The van der Waals surface area contributed by atoms with Crippen LogP contribution in [0.25, 0.3) is 10.8 Å². The van der Waals surface area contributed by atoms with E-state index in [4.69, 9.17) is 0 Å². The first-order chi connectivity index (χ1) is 9.65. The van der Waals surface area contributed by atoms with E-state index in [1.54, 1.807) is 17.4 Å². The molecule has 0 atom stereocenters. The summed E-state index contributed by atoms with van der Waals surface area (Å²) in [5.74, 6) is -0.963. The zero-order chi connectivity index (χ0) is 14.1. The summed E-state index contributed by atoms with van der Waals surface area (Å²) >= 11 is 3.02. The third kappa shape index (κ3) is 2.39. The number of hydrogen-bond donors (Lipinski definition) is 1. The van der Waals surface area contributed by atoms with Gasteiger partial charge in [-0.1, -0.05) is 24.3 Å². The van der Waals surface area contributed by atoms with Gasteiger partial charge in [-0.05, 0) is 18.7 Å². The van der Waals surface area contributed by atoms with Gasteiger partial charge in [-0.3, -0.25) is 0 Å². The standard InChI is InChI=1S/C14H10N2O2S2/c1-8-7-19-14(16-8)20-12-10-5-3-2-4-9(10)11(6-15-12)13(17)18/h2-7H,1H3,(H,17,18). The minimum absolute atomic E-state index is 0.222. The van der Waals surface area contributed by atoms with Crippen LogP contribution in [0.3, 0.4) is 0 Å². The third-order valence-corrected chi connectivity index (χ3v) is 4.85. The number of benzene rings is 1. The van der Waals surface area contributed by atoms with Crippen molar-refractivity contribution >= 4 is 39.8 Å². The SMILES string of the molecule is Cc1csc(Sc2ncc(C(=O)O)c3ccccc23)n1. The van der Waals surface area contributed by atoms with Crippen molar-refractivity contribution in [1.29, 1.82) is 0 Å². The number of aromatic carboxylic acids is 1. The van der Waals surface area contributed by atoms with Crippen LogP contribution in [-0.4, -0.2) is 21.0 Å². The lowest BCUT2D eigenvalue weighted by Crippen LogP contribution is -1.99. The van der Waals surface area contributed by atoms with Crippen molar-refractivity contribution < 1.29 is 9.90 Å². The molecule has 20 heavy (non-hydrogen) atoms. The van der Waals surface area contributed by atoms with Crippen molar-refractivity contribution in [3.63, 3.8) is 0 Å². The van der Waals surface area contributed by atoms with Crippen molar-refractivity contribution in [2.24, 2.45) is 0 Å². The van der Waals surface area contributed by atoms with E-state index in [-0.39, 0.29) is 5.56 Å². The van der Waals surface area contributed by atoms with Crippen LogP contribution in [0, 0.1) is 6.92 Å². The second-order valence-electron chi connectivity index (χ2n) is 4.18. The molecule has 3 rings (SSSR count). The Hall–Kier alpha value is -1.92. The lowest BCUT2D eigenvalue weighted by atomic mass is 10.1. The molecule has 2 heterocycles. The van der Waals surface area contributed by atoms with Crippen molar-refractivity contribution in [2.75, 3.05) is 0 Å². The molecule has 0 spiro atoms. The number of rotatable bonds is 3. The number of aryl methyl sites for hydroxylation is 1. The van der Waals surface area contributed by atoms with E-state index in [9.17, 15) is 9.90 Å². The molecule has 0 saturated carbocycles. The lowest BCUT2D eigenvalue weighted by Gasteiger charge is -2.06. The Morgan fingerprint density at radius 3 is 2.70 bits per heavy atom. The molecule has 1 N–H and O–H groups in total. The molecule has 0 fully saturated rings. The third-order valence-electron chi connectivity index (χ3n) is 2.77. The van der Waals surface area contributed by atoms with Gasteiger partial charge in [-0.25, -0.2) is 14.8 Å². The topological polar surface area (TPSA) is 63.1 Å². The highest BCUT2D eigenvalue weighted by Gasteiger charge is 2.13. The molecule has 0 saturated heterocycles. The monoisotopic (exact) mass is 302 g/mol.